The Bertz CT molecular complexity index is 1630. The van der Waals surface area contributed by atoms with Crippen LogP contribution in [-0.4, -0.2) is 39.3 Å². The average Bonchev–Trinajstić information content (AvgIpc) is 3.65. The van der Waals surface area contributed by atoms with Crippen molar-refractivity contribution in [1.82, 2.24) is 19.5 Å². The highest BCUT2D eigenvalue weighted by Gasteiger charge is 2.57. The topological polar surface area (TPSA) is 65.0 Å². The lowest BCUT2D eigenvalue weighted by atomic mass is 9.90. The summed E-state index contributed by atoms with van der Waals surface area (Å²) in [4.78, 5) is 11.4. The zero-order chi connectivity index (χ0) is 28.2. The smallest absolute Gasteiger partial charge is 0.370 e. The molecule has 1 aliphatic rings. The van der Waals surface area contributed by atoms with Crippen LogP contribution in [-0.2, 0) is 8.85 Å². The zero-order valence-corrected chi connectivity index (χ0v) is 24.7. The minimum atomic E-state index is -2.23. The van der Waals surface area contributed by atoms with Crippen LogP contribution in [0.3, 0.4) is 0 Å². The first-order valence-corrected chi connectivity index (χ1v) is 15.8. The summed E-state index contributed by atoms with van der Waals surface area (Å²) in [7, 11) is -2.23. The van der Waals surface area contributed by atoms with Crippen molar-refractivity contribution in [2.45, 2.75) is 45.4 Å². The summed E-state index contributed by atoms with van der Waals surface area (Å²) in [5.41, 5.74) is 4.97. The minimum absolute atomic E-state index is 0.232. The third kappa shape index (κ3) is 5.77. The summed E-state index contributed by atoms with van der Waals surface area (Å²) in [6.45, 7) is 10.5. The van der Waals surface area contributed by atoms with Gasteiger partial charge in [-0.2, -0.15) is 0 Å². The Morgan fingerprint density at radius 1 is 0.650 bits per heavy atom. The number of H-pyrrole nitrogens is 1. The molecule has 1 saturated heterocycles. The van der Waals surface area contributed by atoms with Crippen molar-refractivity contribution in [3.63, 3.8) is 0 Å². The molecule has 6 nitrogen and oxygen atoms in total. The van der Waals surface area contributed by atoms with E-state index in [4.69, 9.17) is 8.85 Å². The summed E-state index contributed by atoms with van der Waals surface area (Å²) in [5.74, 6) is 0. The quantitative estimate of drug-likeness (QED) is 0.233. The zero-order valence-electron chi connectivity index (χ0n) is 23.7. The van der Waals surface area contributed by atoms with Crippen molar-refractivity contribution in [3.8, 4) is 5.69 Å². The molecule has 0 radical (unpaired) electrons. The van der Waals surface area contributed by atoms with Gasteiger partial charge in [-0.05, 0) is 75.8 Å². The predicted octanol–water partition coefficient (Wildman–Crippen LogP) is 7.16. The van der Waals surface area contributed by atoms with E-state index in [0.29, 0.717) is 0 Å². The summed E-state index contributed by atoms with van der Waals surface area (Å²) in [5, 5.41) is 1.20. The molecule has 7 heteroatoms. The van der Waals surface area contributed by atoms with Crippen LogP contribution in [0.15, 0.2) is 122 Å². The molecular weight excluding hydrogens is 512 g/mol. The molecule has 0 amide bonds. The Kier molecular flexibility index (Phi) is 7.71. The molecule has 0 bridgehead atoms. The van der Waals surface area contributed by atoms with E-state index < -0.39 is 8.56 Å². The molecule has 0 unspecified atom stereocenters. The molecule has 0 spiro atoms. The maximum atomic E-state index is 6.25. The molecule has 3 heterocycles. The van der Waals surface area contributed by atoms with Crippen LogP contribution >= 0.6 is 0 Å². The van der Waals surface area contributed by atoms with Crippen molar-refractivity contribution in [2.24, 2.45) is 0 Å². The second-order valence-electron chi connectivity index (χ2n) is 10.9. The first kappa shape index (κ1) is 27.5. The van der Waals surface area contributed by atoms with E-state index in [-0.39, 0.29) is 11.2 Å². The van der Waals surface area contributed by atoms with Gasteiger partial charge in [0.15, 0.2) is 0 Å². The summed E-state index contributed by atoms with van der Waals surface area (Å²) in [6, 6.07) is 36.6. The molecule has 0 saturated carbocycles. The maximum absolute atomic E-state index is 6.25. The number of nitrogens with zero attached hydrogens (tertiary/aromatic N) is 3. The van der Waals surface area contributed by atoms with Crippen LogP contribution in [0.1, 0.15) is 27.7 Å². The van der Waals surface area contributed by atoms with E-state index in [0.717, 1.165) is 27.8 Å². The minimum Gasteiger partial charge on any atom is -0.383 e. The van der Waals surface area contributed by atoms with E-state index in [1.807, 2.05) is 85.2 Å². The third-order valence-corrected chi connectivity index (χ3v) is 10.6. The van der Waals surface area contributed by atoms with Crippen molar-refractivity contribution in [3.05, 3.63) is 122 Å². The van der Waals surface area contributed by atoms with Gasteiger partial charge in [-0.15, -0.1) is 0 Å². The number of imidazole rings is 2. The van der Waals surface area contributed by atoms with Crippen LogP contribution in [0.2, 0.25) is 6.55 Å². The highest BCUT2D eigenvalue weighted by molar-refractivity contribution is 6.80. The SMILES string of the molecule is CC1(C)O[Si](C)(c2ccccc2)OC1(C)C.c1ccc(-n2cnc3ccccc32)cc1.c1ccc2[nH]cnc2c1. The molecule has 0 atom stereocenters. The Labute approximate surface area is 236 Å². The lowest BCUT2D eigenvalue weighted by Gasteiger charge is -2.31. The molecule has 1 N–H and O–H groups in total. The van der Waals surface area contributed by atoms with E-state index in [9.17, 15) is 0 Å². The van der Waals surface area contributed by atoms with Crippen LogP contribution in [0.5, 0.6) is 0 Å². The number of rotatable bonds is 2. The molecule has 4 aromatic carbocycles. The molecule has 40 heavy (non-hydrogen) atoms. The van der Waals surface area contributed by atoms with E-state index in [2.05, 4.69) is 84.1 Å². The number of aromatic amines is 1. The van der Waals surface area contributed by atoms with Crippen molar-refractivity contribution < 1.29 is 8.85 Å². The van der Waals surface area contributed by atoms with Gasteiger partial charge in [-0.3, -0.25) is 4.57 Å². The predicted molar refractivity (Wildman–Crippen MR) is 165 cm³/mol. The van der Waals surface area contributed by atoms with E-state index >= 15 is 0 Å². The Hall–Kier alpha value is -4.04. The fraction of sp³-hybridized carbons (Fsp3) is 0.212. The summed E-state index contributed by atoms with van der Waals surface area (Å²) >= 11 is 0. The van der Waals surface area contributed by atoms with Crippen LogP contribution < -0.4 is 5.19 Å². The fourth-order valence-corrected chi connectivity index (χ4v) is 8.25. The molecule has 2 aromatic heterocycles. The molecule has 1 fully saturated rings. The summed E-state index contributed by atoms with van der Waals surface area (Å²) < 4.78 is 14.6. The molecular formula is C33H36N4O2Si. The number of hydrogen-bond acceptors (Lipinski definition) is 4. The van der Waals surface area contributed by atoms with Gasteiger partial charge in [-0.1, -0.05) is 72.8 Å². The number of benzene rings is 4. The van der Waals surface area contributed by atoms with Crippen LogP contribution in [0, 0.1) is 0 Å². The lowest BCUT2D eigenvalue weighted by Crippen LogP contribution is -2.48. The van der Waals surface area contributed by atoms with Crippen LogP contribution in [0.4, 0.5) is 0 Å². The largest absolute Gasteiger partial charge is 0.383 e. The third-order valence-electron chi connectivity index (χ3n) is 7.46. The van der Waals surface area contributed by atoms with Gasteiger partial charge in [0.05, 0.1) is 39.6 Å². The van der Waals surface area contributed by atoms with Gasteiger partial charge in [0.1, 0.15) is 6.33 Å². The number of aromatic nitrogens is 4. The monoisotopic (exact) mass is 548 g/mol. The fourth-order valence-electron chi connectivity index (χ4n) is 4.73. The van der Waals surface area contributed by atoms with Crippen LogP contribution in [0.25, 0.3) is 27.8 Å². The highest BCUT2D eigenvalue weighted by Crippen LogP contribution is 2.41. The Morgan fingerprint density at radius 2 is 1.20 bits per heavy atom. The second-order valence-corrected chi connectivity index (χ2v) is 13.8. The number of hydrogen-bond donors (Lipinski definition) is 1. The van der Waals surface area contributed by atoms with E-state index in [1.165, 1.54) is 5.19 Å². The van der Waals surface area contributed by atoms with Crippen molar-refractivity contribution >= 4 is 35.8 Å². The molecule has 6 aromatic rings. The summed E-state index contributed by atoms with van der Waals surface area (Å²) in [6.07, 6.45) is 3.56. The molecule has 1 aliphatic heterocycles. The lowest BCUT2D eigenvalue weighted by molar-refractivity contribution is 0.00578. The highest BCUT2D eigenvalue weighted by atomic mass is 28.4. The van der Waals surface area contributed by atoms with Gasteiger partial charge in [0, 0.05) is 5.69 Å². The van der Waals surface area contributed by atoms with Gasteiger partial charge in [0.25, 0.3) is 0 Å². The number of fused-ring (bicyclic) bond motifs is 2. The Morgan fingerprint density at radius 3 is 1.85 bits per heavy atom. The Balaban J connectivity index is 0.000000125. The number of para-hydroxylation sites is 5. The standard InChI is InChI=1S/C13H10N2.C13H20O2Si.C7H6N2/c1-2-6-11(7-3-1)15-10-14-12-8-4-5-9-13(12)15;1-12(2)13(3,4)15-16(5,14-12)11-9-7-6-8-10-11;1-2-4-7-6(3-1)8-5-9-7/h1-10H;6-10H,1-5H3;1-5H,(H,8,9). The van der Waals surface area contributed by atoms with Gasteiger partial charge >= 0.3 is 8.56 Å². The molecule has 7 rings (SSSR count). The first-order valence-electron chi connectivity index (χ1n) is 13.5. The van der Waals surface area contributed by atoms with Crippen molar-refractivity contribution in [2.75, 3.05) is 0 Å². The average molecular weight is 549 g/mol. The van der Waals surface area contributed by atoms with Crippen molar-refractivity contribution in [1.29, 1.82) is 0 Å². The van der Waals surface area contributed by atoms with Gasteiger partial charge in [0.2, 0.25) is 0 Å². The van der Waals surface area contributed by atoms with E-state index in [1.54, 1.807) is 6.33 Å². The maximum Gasteiger partial charge on any atom is 0.370 e. The molecule has 0 aliphatic carbocycles. The first-order chi connectivity index (χ1) is 19.2. The molecule has 204 valence electrons. The number of nitrogens with one attached hydrogen (secondary N) is 1. The van der Waals surface area contributed by atoms with Gasteiger partial charge < -0.3 is 13.8 Å². The van der Waals surface area contributed by atoms with Gasteiger partial charge in [-0.25, -0.2) is 9.97 Å². The normalized spacial score (nSPS) is 16.5. The second kappa shape index (κ2) is 11.2.